The molecule has 4 unspecified atom stereocenters. The Kier molecular flexibility index (Phi) is 8.54. The maximum Gasteiger partial charge on any atom is 0.158 e. The van der Waals surface area contributed by atoms with E-state index in [1.165, 1.54) is 55.2 Å². The zero-order chi connectivity index (χ0) is 19.9. The van der Waals surface area contributed by atoms with E-state index in [-0.39, 0.29) is 0 Å². The van der Waals surface area contributed by atoms with Crippen LogP contribution in [0.4, 0.5) is 0 Å². The third-order valence-electron chi connectivity index (χ3n) is 6.92. The molecule has 0 bridgehead atoms. The van der Waals surface area contributed by atoms with Crippen LogP contribution in [0, 0.1) is 11.8 Å². The van der Waals surface area contributed by atoms with E-state index in [1.807, 2.05) is 13.0 Å². The van der Waals surface area contributed by atoms with Crippen molar-refractivity contribution in [2.75, 3.05) is 20.1 Å². The molecule has 0 saturated carbocycles. The maximum atomic E-state index is 12.5. The van der Waals surface area contributed by atoms with Gasteiger partial charge in [-0.05, 0) is 70.8 Å². The topological polar surface area (TPSA) is 17.1 Å². The standard InChI is InChI=1S/C25H42NO/c1-20(2)10-8-11-21(3)12-9-13-22(4)25(27)16-15-23-17-19-26(5)18-7-6-14-24(23)26/h9-10,12-13,21,23-24H,6-8,11,14-19H2,1-5H3/q+1/b12-9+,22-13-. The van der Waals surface area contributed by atoms with E-state index < -0.39 is 0 Å². The summed E-state index contributed by atoms with van der Waals surface area (Å²) in [5, 5.41) is 0. The van der Waals surface area contributed by atoms with Crippen LogP contribution in [0.3, 0.4) is 0 Å². The second-order valence-corrected chi connectivity index (χ2v) is 9.57. The second kappa shape index (κ2) is 10.4. The van der Waals surface area contributed by atoms with E-state index >= 15 is 0 Å². The van der Waals surface area contributed by atoms with Gasteiger partial charge < -0.3 is 4.48 Å². The molecule has 2 heterocycles. The molecule has 2 nitrogen and oxygen atoms in total. The fourth-order valence-corrected chi connectivity index (χ4v) is 5.04. The fraction of sp³-hybridized carbons (Fsp3) is 0.720. The first-order chi connectivity index (χ1) is 12.8. The molecule has 0 radical (unpaired) electrons. The molecular weight excluding hydrogens is 330 g/mol. The summed E-state index contributed by atoms with van der Waals surface area (Å²) in [6.07, 6.45) is 18.2. The minimum absolute atomic E-state index is 0.341. The van der Waals surface area contributed by atoms with E-state index in [1.54, 1.807) is 0 Å². The zero-order valence-corrected chi connectivity index (χ0v) is 18.5. The number of quaternary nitrogens is 1. The molecule has 0 spiro atoms. The van der Waals surface area contributed by atoms with Gasteiger partial charge in [0, 0.05) is 18.8 Å². The largest absolute Gasteiger partial charge is 0.323 e. The molecule has 27 heavy (non-hydrogen) atoms. The molecular formula is C25H42NO+. The summed E-state index contributed by atoms with van der Waals surface area (Å²) in [7, 11) is 2.44. The predicted molar refractivity (Wildman–Crippen MR) is 117 cm³/mol. The number of fused-ring (bicyclic) bond motifs is 1. The van der Waals surface area contributed by atoms with Crippen molar-refractivity contribution in [3.63, 3.8) is 0 Å². The van der Waals surface area contributed by atoms with Gasteiger partial charge >= 0.3 is 0 Å². The monoisotopic (exact) mass is 372 g/mol. The number of piperidine rings is 1. The van der Waals surface area contributed by atoms with Crippen molar-refractivity contribution < 1.29 is 9.28 Å². The van der Waals surface area contributed by atoms with E-state index in [4.69, 9.17) is 0 Å². The summed E-state index contributed by atoms with van der Waals surface area (Å²) in [5.41, 5.74) is 2.31. The van der Waals surface area contributed by atoms with Crippen molar-refractivity contribution in [3.8, 4) is 0 Å². The second-order valence-electron chi connectivity index (χ2n) is 9.57. The van der Waals surface area contributed by atoms with Gasteiger partial charge in [0.05, 0.1) is 26.2 Å². The van der Waals surface area contributed by atoms with Gasteiger partial charge in [-0.1, -0.05) is 36.8 Å². The number of nitrogens with zero attached hydrogens (tertiary/aromatic N) is 1. The van der Waals surface area contributed by atoms with Crippen molar-refractivity contribution >= 4 is 5.78 Å². The normalized spacial score (nSPS) is 29.6. The number of rotatable bonds is 9. The van der Waals surface area contributed by atoms with Crippen molar-refractivity contribution in [1.82, 2.24) is 0 Å². The third-order valence-corrected chi connectivity index (χ3v) is 6.92. The molecule has 0 amide bonds. The Labute approximate surface area is 168 Å². The van der Waals surface area contributed by atoms with Gasteiger partial charge in [-0.25, -0.2) is 0 Å². The molecule has 152 valence electrons. The SMILES string of the molecule is CC(C)=CCCC(C)/C=C/C=C(/C)C(=O)CCC1CC[N+]2(C)CCCCC12. The molecule has 0 aliphatic carbocycles. The number of carbonyl (C=O) groups excluding carboxylic acids is 1. The lowest BCUT2D eigenvalue weighted by Crippen LogP contribution is -2.52. The van der Waals surface area contributed by atoms with Crippen LogP contribution in [0.5, 0.6) is 0 Å². The summed E-state index contributed by atoms with van der Waals surface area (Å²) in [4.78, 5) is 12.5. The van der Waals surface area contributed by atoms with Gasteiger partial charge in [0.1, 0.15) is 0 Å². The molecule has 4 atom stereocenters. The number of ketones is 1. The number of allylic oxidation sites excluding steroid dienone is 6. The highest BCUT2D eigenvalue weighted by Gasteiger charge is 2.46. The quantitative estimate of drug-likeness (QED) is 0.203. The predicted octanol–water partition coefficient (Wildman–Crippen LogP) is 6.24. The third kappa shape index (κ3) is 6.75. The first kappa shape index (κ1) is 22.1. The Morgan fingerprint density at radius 1 is 1.15 bits per heavy atom. The van der Waals surface area contributed by atoms with E-state index in [9.17, 15) is 4.79 Å². The molecule has 0 N–H and O–H groups in total. The number of Topliss-reactive ketones (excluding diaryl/α,β-unsaturated/α-hetero) is 1. The molecule has 2 aliphatic heterocycles. The molecule has 0 aromatic carbocycles. The molecule has 2 heteroatoms. The van der Waals surface area contributed by atoms with Crippen molar-refractivity contribution in [2.45, 2.75) is 85.1 Å². The highest BCUT2D eigenvalue weighted by molar-refractivity contribution is 5.94. The summed E-state index contributed by atoms with van der Waals surface area (Å²) >= 11 is 0. The van der Waals surface area contributed by atoms with E-state index in [0.717, 1.165) is 36.8 Å². The Bertz CT molecular complexity index is 581. The lowest BCUT2D eigenvalue weighted by Gasteiger charge is -2.41. The van der Waals surface area contributed by atoms with Crippen LogP contribution in [0.15, 0.2) is 35.5 Å². The smallest absolute Gasteiger partial charge is 0.158 e. The van der Waals surface area contributed by atoms with Gasteiger partial charge in [-0.2, -0.15) is 0 Å². The first-order valence-corrected chi connectivity index (χ1v) is 11.2. The summed E-state index contributed by atoms with van der Waals surface area (Å²) in [5.74, 6) is 1.66. The van der Waals surface area contributed by atoms with Crippen LogP contribution in [-0.4, -0.2) is 36.4 Å². The summed E-state index contributed by atoms with van der Waals surface area (Å²) < 4.78 is 1.28. The average molecular weight is 373 g/mol. The molecule has 2 saturated heterocycles. The molecule has 0 aromatic rings. The Hall–Kier alpha value is -1.15. The van der Waals surface area contributed by atoms with Crippen LogP contribution in [0.25, 0.3) is 0 Å². The van der Waals surface area contributed by atoms with Crippen LogP contribution in [0.2, 0.25) is 0 Å². The molecule has 2 fully saturated rings. The minimum atomic E-state index is 0.341. The summed E-state index contributed by atoms with van der Waals surface area (Å²) in [6, 6.07) is 0.817. The van der Waals surface area contributed by atoms with Crippen molar-refractivity contribution in [2.24, 2.45) is 11.8 Å². The van der Waals surface area contributed by atoms with E-state index in [2.05, 4.69) is 46.0 Å². The Balaban J connectivity index is 1.75. The Morgan fingerprint density at radius 2 is 1.93 bits per heavy atom. The number of hydrogen-bond donors (Lipinski definition) is 0. The lowest BCUT2D eigenvalue weighted by atomic mass is 9.87. The minimum Gasteiger partial charge on any atom is -0.323 e. The fourth-order valence-electron chi connectivity index (χ4n) is 5.04. The maximum absolute atomic E-state index is 12.5. The van der Waals surface area contributed by atoms with Crippen LogP contribution < -0.4 is 0 Å². The van der Waals surface area contributed by atoms with Gasteiger partial charge in [0.25, 0.3) is 0 Å². The van der Waals surface area contributed by atoms with Gasteiger partial charge in [0.2, 0.25) is 0 Å². The van der Waals surface area contributed by atoms with Gasteiger partial charge in [0.15, 0.2) is 5.78 Å². The molecule has 2 rings (SSSR count). The van der Waals surface area contributed by atoms with Crippen LogP contribution in [0.1, 0.15) is 79.1 Å². The van der Waals surface area contributed by atoms with Gasteiger partial charge in [-0.3, -0.25) is 4.79 Å². The molecule has 2 aliphatic rings. The van der Waals surface area contributed by atoms with Crippen LogP contribution in [-0.2, 0) is 4.79 Å². The van der Waals surface area contributed by atoms with E-state index in [0.29, 0.717) is 11.7 Å². The molecule has 0 aromatic heterocycles. The Morgan fingerprint density at radius 3 is 2.67 bits per heavy atom. The van der Waals surface area contributed by atoms with Crippen LogP contribution >= 0.6 is 0 Å². The van der Waals surface area contributed by atoms with Gasteiger partial charge in [-0.15, -0.1) is 0 Å². The highest BCUT2D eigenvalue weighted by atomic mass is 16.1. The summed E-state index contributed by atoms with van der Waals surface area (Å²) in [6.45, 7) is 11.2. The van der Waals surface area contributed by atoms with Crippen molar-refractivity contribution in [3.05, 3.63) is 35.5 Å². The number of carbonyl (C=O) groups is 1. The highest BCUT2D eigenvalue weighted by Crippen LogP contribution is 2.39. The first-order valence-electron chi connectivity index (χ1n) is 11.2. The zero-order valence-electron chi connectivity index (χ0n) is 18.5. The lowest BCUT2D eigenvalue weighted by molar-refractivity contribution is -0.927. The van der Waals surface area contributed by atoms with Crippen molar-refractivity contribution in [1.29, 1.82) is 0 Å². The number of hydrogen-bond acceptors (Lipinski definition) is 1. The average Bonchev–Trinajstić information content (AvgIpc) is 2.95.